The lowest BCUT2D eigenvalue weighted by Gasteiger charge is -2.21. The van der Waals surface area contributed by atoms with Crippen LogP contribution in [0.25, 0.3) is 54.2 Å². The van der Waals surface area contributed by atoms with E-state index in [9.17, 15) is 26.3 Å². The minimum Gasteiger partial charge on any atom is -0.396 e. The number of alkyl halides is 6. The zero-order chi connectivity index (χ0) is 45.5. The summed E-state index contributed by atoms with van der Waals surface area (Å²) in [5.74, 6) is 0.599. The molecule has 0 fully saturated rings. The van der Waals surface area contributed by atoms with Crippen molar-refractivity contribution < 1.29 is 30.7 Å². The van der Waals surface area contributed by atoms with E-state index in [1.807, 2.05) is 18.2 Å². The maximum absolute atomic E-state index is 15.7. The van der Waals surface area contributed by atoms with Crippen molar-refractivity contribution in [2.75, 3.05) is 10.5 Å². The van der Waals surface area contributed by atoms with E-state index in [1.54, 1.807) is 42.5 Å². The third-order valence-electron chi connectivity index (χ3n) is 12.1. The molecule has 0 bridgehead atoms. The zero-order valence-corrected chi connectivity index (χ0v) is 37.8. The van der Waals surface area contributed by atoms with E-state index in [1.165, 1.54) is 48.6 Å². The number of fused-ring (bicyclic) bond motifs is 1. The summed E-state index contributed by atoms with van der Waals surface area (Å²) in [5.41, 5.74) is 5.41. The molecule has 0 aliphatic heterocycles. The van der Waals surface area contributed by atoms with Gasteiger partial charge in [0.05, 0.1) is 11.4 Å². The average molecular weight is 909 g/mol. The Hall–Kier alpha value is -4.62. The number of hydrogen-bond donors (Lipinski definition) is 3. The zero-order valence-electron chi connectivity index (χ0n) is 36.1. The van der Waals surface area contributed by atoms with Gasteiger partial charge in [-0.05, 0) is 70.7 Å². The summed E-state index contributed by atoms with van der Waals surface area (Å²) < 4.78 is 105. The molecule has 0 spiro atoms. The number of thiophene rings is 1. The largest absolute Gasteiger partial charge is 0.435 e. The van der Waals surface area contributed by atoms with Crippen molar-refractivity contribution in [1.82, 2.24) is 9.97 Å². The molecular formula is C50H55F7N4S2. The fourth-order valence-corrected chi connectivity index (χ4v) is 9.74. The van der Waals surface area contributed by atoms with Crippen molar-refractivity contribution in [1.29, 1.82) is 0 Å². The number of nitrogen functional groups attached to an aromatic ring is 1. The highest BCUT2D eigenvalue weighted by molar-refractivity contribution is 7.81. The van der Waals surface area contributed by atoms with Crippen LogP contribution < -0.4 is 10.5 Å². The van der Waals surface area contributed by atoms with Gasteiger partial charge in [0.15, 0.2) is 11.4 Å². The van der Waals surface area contributed by atoms with Crippen molar-refractivity contribution in [3.8, 4) is 43.1 Å². The van der Waals surface area contributed by atoms with E-state index in [4.69, 9.17) is 5.73 Å². The molecule has 6 aromatic rings. The molecule has 2 unspecified atom stereocenters. The molecule has 4 aromatic carbocycles. The van der Waals surface area contributed by atoms with E-state index in [-0.39, 0.29) is 28.1 Å². The Morgan fingerprint density at radius 3 is 1.62 bits per heavy atom. The number of nitrogens with two attached hydrogens (primary N) is 1. The second kappa shape index (κ2) is 20.9. The second-order valence-corrected chi connectivity index (χ2v) is 17.8. The number of nitrogens with zero attached hydrogens (tertiary/aromatic N) is 2. The number of benzene rings is 4. The normalized spacial score (nSPS) is 13.1. The molecule has 63 heavy (non-hydrogen) atoms. The predicted molar refractivity (Wildman–Crippen MR) is 249 cm³/mol. The van der Waals surface area contributed by atoms with E-state index >= 15 is 4.39 Å². The predicted octanol–water partition coefficient (Wildman–Crippen LogP) is 16.7. The Labute approximate surface area is 375 Å². The smallest absolute Gasteiger partial charge is 0.396 e. The third kappa shape index (κ3) is 11.2. The summed E-state index contributed by atoms with van der Waals surface area (Å²) in [6, 6.07) is 23.0. The minimum absolute atomic E-state index is 0.0165. The van der Waals surface area contributed by atoms with Gasteiger partial charge in [-0.2, -0.15) is 26.3 Å². The number of anilines is 2. The quantitative estimate of drug-likeness (QED) is 0.0328. The molecule has 3 N–H and O–H groups in total. The molecule has 4 nitrogen and oxygen atoms in total. The standard InChI is InChI=1S/C50H55F7N4S2/c1-5-9-11-13-30(7-3)27-32-15-18-35(19-16-32)39-25-26-40(63-39)42-43(58)44(61-62)41(45-46(42)60-48(50(55,56)57)47(59-45)49(52,53)54)36-22-20-34(21-23-36)37-24-17-33(29-38(37)51)28-31(8-4)14-12-10-6-2/h15-26,29-31,61-62H,5-14,27-28,58H2,1-4H3. The molecule has 2 heterocycles. The first kappa shape index (κ1) is 47.8. The number of unbranched alkanes of at least 4 members (excludes halogenated alkanes) is 4. The van der Waals surface area contributed by atoms with Crippen LogP contribution in [0.2, 0.25) is 0 Å². The Kier molecular flexibility index (Phi) is 15.9. The number of nitrogens with one attached hydrogen (secondary N) is 1. The molecule has 0 aliphatic carbocycles. The van der Waals surface area contributed by atoms with Crippen molar-refractivity contribution in [3.63, 3.8) is 0 Å². The van der Waals surface area contributed by atoms with Crippen LogP contribution in [0.5, 0.6) is 0 Å². The molecule has 2 atom stereocenters. The van der Waals surface area contributed by atoms with Crippen LogP contribution in [-0.4, -0.2) is 9.97 Å². The van der Waals surface area contributed by atoms with E-state index < -0.39 is 40.6 Å². The molecule has 6 rings (SSSR count). The van der Waals surface area contributed by atoms with Gasteiger partial charge in [0.2, 0.25) is 0 Å². The fraction of sp³-hybridized carbons (Fsp3) is 0.400. The van der Waals surface area contributed by atoms with Crippen LogP contribution in [-0.2, 0) is 25.2 Å². The molecule has 0 aliphatic rings. The van der Waals surface area contributed by atoms with Gasteiger partial charge in [-0.15, -0.1) is 11.3 Å². The number of halogens is 7. The summed E-state index contributed by atoms with van der Waals surface area (Å²) in [6.45, 7) is 8.70. The topological polar surface area (TPSA) is 63.8 Å². The van der Waals surface area contributed by atoms with E-state index in [0.717, 1.165) is 67.4 Å². The van der Waals surface area contributed by atoms with Crippen molar-refractivity contribution in [2.24, 2.45) is 11.8 Å². The molecule has 0 amide bonds. The SMILES string of the molecule is CCCCCC(CC)Cc1ccc(-c2ccc(-c3c(N)c(NS)c(-c4ccc(-c5ccc(CC(CC)CCCCC)cc5F)cc4)c4nc(C(F)(F)F)c(C(F)(F)F)nc34)s2)cc1. The lowest BCUT2D eigenvalue weighted by Crippen LogP contribution is -2.21. The molecule has 0 saturated carbocycles. The first-order chi connectivity index (χ1) is 30.1. The van der Waals surface area contributed by atoms with Gasteiger partial charge < -0.3 is 10.5 Å². The Bertz CT molecular complexity index is 2460. The van der Waals surface area contributed by atoms with Gasteiger partial charge in [-0.25, -0.2) is 14.4 Å². The molecule has 0 radical (unpaired) electrons. The average Bonchev–Trinajstić information content (AvgIpc) is 3.74. The van der Waals surface area contributed by atoms with Crippen molar-refractivity contribution >= 4 is 46.6 Å². The Balaban J connectivity index is 1.42. The molecule has 0 saturated heterocycles. The summed E-state index contributed by atoms with van der Waals surface area (Å²) in [7, 11) is 0. The summed E-state index contributed by atoms with van der Waals surface area (Å²) >= 11 is 5.51. The first-order valence-corrected chi connectivity index (χ1v) is 23.2. The number of rotatable bonds is 19. The van der Waals surface area contributed by atoms with Gasteiger partial charge in [0.1, 0.15) is 16.9 Å². The maximum Gasteiger partial charge on any atom is 0.435 e. The van der Waals surface area contributed by atoms with Crippen molar-refractivity contribution in [3.05, 3.63) is 107 Å². The van der Waals surface area contributed by atoms with Gasteiger partial charge in [-0.1, -0.05) is 165 Å². The monoisotopic (exact) mass is 908 g/mol. The van der Waals surface area contributed by atoms with Crippen LogP contribution in [0.4, 0.5) is 42.1 Å². The van der Waals surface area contributed by atoms with Gasteiger partial charge >= 0.3 is 12.4 Å². The van der Waals surface area contributed by atoms with E-state index in [0.29, 0.717) is 27.8 Å². The lowest BCUT2D eigenvalue weighted by atomic mass is 9.90. The molecule has 13 heteroatoms. The number of hydrogen-bond acceptors (Lipinski definition) is 6. The first-order valence-electron chi connectivity index (χ1n) is 21.9. The van der Waals surface area contributed by atoms with Crippen LogP contribution in [0.3, 0.4) is 0 Å². The minimum atomic E-state index is -5.51. The van der Waals surface area contributed by atoms with Crippen LogP contribution in [0.1, 0.15) is 114 Å². The summed E-state index contributed by atoms with van der Waals surface area (Å²) in [6.07, 6.45) is 2.02. The fourth-order valence-electron chi connectivity index (χ4n) is 8.43. The highest BCUT2D eigenvalue weighted by Crippen LogP contribution is 2.50. The van der Waals surface area contributed by atoms with Gasteiger partial charge in [0, 0.05) is 26.4 Å². The van der Waals surface area contributed by atoms with Crippen molar-refractivity contribution in [2.45, 2.75) is 117 Å². The highest BCUT2D eigenvalue weighted by Gasteiger charge is 2.47. The Morgan fingerprint density at radius 2 is 1.11 bits per heavy atom. The summed E-state index contributed by atoms with van der Waals surface area (Å²) in [4.78, 5) is 8.58. The maximum atomic E-state index is 15.7. The number of thiol groups is 1. The molecule has 336 valence electrons. The van der Waals surface area contributed by atoms with E-state index in [2.05, 4.69) is 67.3 Å². The van der Waals surface area contributed by atoms with Gasteiger partial charge in [-0.3, -0.25) is 0 Å². The van der Waals surface area contributed by atoms with Crippen LogP contribution >= 0.6 is 24.2 Å². The molecule has 2 aromatic heterocycles. The van der Waals surface area contributed by atoms with Gasteiger partial charge in [0.25, 0.3) is 0 Å². The third-order valence-corrected chi connectivity index (χ3v) is 13.4. The van der Waals surface area contributed by atoms with Crippen LogP contribution in [0.15, 0.2) is 78.9 Å². The second-order valence-electron chi connectivity index (χ2n) is 16.5. The highest BCUT2D eigenvalue weighted by atomic mass is 32.1. The Morgan fingerprint density at radius 1 is 0.619 bits per heavy atom. The molecular weight excluding hydrogens is 854 g/mol. The lowest BCUT2D eigenvalue weighted by molar-refractivity contribution is -0.167. The number of aromatic nitrogens is 2. The summed E-state index contributed by atoms with van der Waals surface area (Å²) in [5, 5.41) is 0. The van der Waals surface area contributed by atoms with Crippen LogP contribution in [0, 0.1) is 17.7 Å².